The van der Waals surface area contributed by atoms with Crippen LogP contribution in [0, 0.1) is 5.92 Å². The minimum absolute atomic E-state index is 0.00866. The Morgan fingerprint density at radius 2 is 2.23 bits per heavy atom. The molecule has 1 aromatic rings. The summed E-state index contributed by atoms with van der Waals surface area (Å²) in [6, 6.07) is 0. The fourth-order valence-electron chi connectivity index (χ4n) is 1.03. The average molecular weight is 182 g/mol. The van der Waals surface area contributed by atoms with Gasteiger partial charge in [-0.25, -0.2) is 4.68 Å². The van der Waals surface area contributed by atoms with Gasteiger partial charge in [0.05, 0.1) is 0 Å². The molecule has 0 aliphatic carbocycles. The molecule has 1 rings (SSSR count). The van der Waals surface area contributed by atoms with Crippen molar-refractivity contribution in [3.05, 3.63) is 5.82 Å². The molecule has 0 aliphatic rings. The first-order valence-electron chi connectivity index (χ1n) is 4.44. The van der Waals surface area contributed by atoms with Gasteiger partial charge in [0.2, 0.25) is 11.6 Å². The number of hydrogen-bond acceptors (Lipinski definition) is 4. The zero-order chi connectivity index (χ0) is 9.84. The second-order valence-electron chi connectivity index (χ2n) is 3.36. The van der Waals surface area contributed by atoms with E-state index >= 15 is 0 Å². The number of Topliss-reactive ketones (excluding diaryl/α,β-unsaturated/α-hetero) is 1. The molecule has 0 fully saturated rings. The van der Waals surface area contributed by atoms with Crippen molar-refractivity contribution in [2.45, 2.75) is 33.7 Å². The van der Waals surface area contributed by atoms with E-state index in [1.165, 1.54) is 0 Å². The first kappa shape index (κ1) is 9.83. The summed E-state index contributed by atoms with van der Waals surface area (Å²) in [4.78, 5) is 11.3. The number of ketones is 1. The molecule has 0 aliphatic heterocycles. The largest absolute Gasteiger partial charge is 0.291 e. The Kier molecular flexibility index (Phi) is 3.11. The van der Waals surface area contributed by atoms with Gasteiger partial charge in [-0.3, -0.25) is 4.79 Å². The molecular weight excluding hydrogens is 168 g/mol. The Morgan fingerprint density at radius 1 is 1.54 bits per heavy atom. The molecule has 0 unspecified atom stereocenters. The average Bonchev–Trinajstić information content (AvgIpc) is 2.50. The van der Waals surface area contributed by atoms with Crippen LogP contribution in [0.5, 0.6) is 0 Å². The van der Waals surface area contributed by atoms with Gasteiger partial charge in [0.15, 0.2) is 0 Å². The molecule has 13 heavy (non-hydrogen) atoms. The summed E-state index contributed by atoms with van der Waals surface area (Å²) < 4.78 is 1.57. The van der Waals surface area contributed by atoms with E-state index in [1.54, 1.807) is 11.6 Å². The van der Waals surface area contributed by atoms with Crippen LogP contribution in [0.3, 0.4) is 0 Å². The quantitative estimate of drug-likeness (QED) is 0.650. The molecule has 0 amide bonds. The summed E-state index contributed by atoms with van der Waals surface area (Å²) in [5.41, 5.74) is 0. The molecular formula is C8H14N4O. The van der Waals surface area contributed by atoms with Crippen LogP contribution in [0.4, 0.5) is 0 Å². The predicted octanol–water partition coefficient (Wildman–Crippen LogP) is 0.922. The Morgan fingerprint density at radius 3 is 2.77 bits per heavy atom. The van der Waals surface area contributed by atoms with Gasteiger partial charge in [-0.2, -0.15) is 0 Å². The van der Waals surface area contributed by atoms with Crippen molar-refractivity contribution in [1.29, 1.82) is 0 Å². The van der Waals surface area contributed by atoms with Gasteiger partial charge in [-0.1, -0.05) is 20.8 Å². The minimum atomic E-state index is -0.00866. The van der Waals surface area contributed by atoms with Crippen LogP contribution in [0.15, 0.2) is 0 Å². The van der Waals surface area contributed by atoms with Crippen molar-refractivity contribution in [3.8, 4) is 0 Å². The highest BCUT2D eigenvalue weighted by Crippen LogP contribution is 2.02. The highest BCUT2D eigenvalue weighted by molar-refractivity contribution is 5.92. The number of tetrazole rings is 1. The molecule has 1 heterocycles. The standard InChI is InChI=1S/C8H14N4O/c1-4-7(13)8-9-10-11-12(8)5-6(2)3/h6H,4-5H2,1-3H3. The Labute approximate surface area is 77.1 Å². The van der Waals surface area contributed by atoms with Crippen LogP contribution in [0.2, 0.25) is 0 Å². The van der Waals surface area contributed by atoms with Gasteiger partial charge in [-0.05, 0) is 16.3 Å². The predicted molar refractivity (Wildman–Crippen MR) is 47.3 cm³/mol. The molecule has 72 valence electrons. The molecule has 0 radical (unpaired) electrons. The van der Waals surface area contributed by atoms with E-state index < -0.39 is 0 Å². The lowest BCUT2D eigenvalue weighted by atomic mass is 10.2. The summed E-state index contributed by atoms with van der Waals surface area (Å²) in [7, 11) is 0. The van der Waals surface area contributed by atoms with E-state index in [2.05, 4.69) is 29.4 Å². The number of hydrogen-bond donors (Lipinski definition) is 0. The molecule has 0 saturated heterocycles. The maximum atomic E-state index is 11.3. The molecule has 5 nitrogen and oxygen atoms in total. The van der Waals surface area contributed by atoms with Crippen molar-refractivity contribution in [3.63, 3.8) is 0 Å². The van der Waals surface area contributed by atoms with Crippen LogP contribution >= 0.6 is 0 Å². The molecule has 0 atom stereocenters. The lowest BCUT2D eigenvalue weighted by molar-refractivity contribution is 0.0971. The van der Waals surface area contributed by atoms with Crippen molar-refractivity contribution in [1.82, 2.24) is 20.2 Å². The van der Waals surface area contributed by atoms with E-state index in [4.69, 9.17) is 0 Å². The lowest BCUT2D eigenvalue weighted by Crippen LogP contribution is -2.14. The number of carbonyl (C=O) groups is 1. The van der Waals surface area contributed by atoms with E-state index in [0.29, 0.717) is 24.7 Å². The number of nitrogens with zero attached hydrogens (tertiary/aromatic N) is 4. The zero-order valence-corrected chi connectivity index (χ0v) is 8.19. The van der Waals surface area contributed by atoms with E-state index in [9.17, 15) is 4.79 Å². The van der Waals surface area contributed by atoms with Gasteiger partial charge in [0, 0.05) is 13.0 Å². The van der Waals surface area contributed by atoms with Gasteiger partial charge >= 0.3 is 0 Å². The fourth-order valence-corrected chi connectivity index (χ4v) is 1.03. The molecule has 0 spiro atoms. The third-order valence-electron chi connectivity index (χ3n) is 1.64. The zero-order valence-electron chi connectivity index (χ0n) is 8.19. The first-order valence-corrected chi connectivity index (χ1v) is 4.44. The molecule has 0 aromatic carbocycles. The molecule has 0 bridgehead atoms. The van der Waals surface area contributed by atoms with Crippen LogP contribution in [0.25, 0.3) is 0 Å². The third kappa shape index (κ3) is 2.34. The smallest absolute Gasteiger partial charge is 0.218 e. The summed E-state index contributed by atoms with van der Waals surface area (Å²) in [6.45, 7) is 6.61. The summed E-state index contributed by atoms with van der Waals surface area (Å²) in [6.07, 6.45) is 0.443. The second-order valence-corrected chi connectivity index (χ2v) is 3.36. The molecule has 5 heteroatoms. The minimum Gasteiger partial charge on any atom is -0.291 e. The highest BCUT2D eigenvalue weighted by atomic mass is 16.1. The van der Waals surface area contributed by atoms with Crippen molar-refractivity contribution in [2.75, 3.05) is 0 Å². The summed E-state index contributed by atoms with van der Waals surface area (Å²) in [5.74, 6) is 0.800. The van der Waals surface area contributed by atoms with Gasteiger partial charge in [-0.15, -0.1) is 5.10 Å². The molecule has 1 aromatic heterocycles. The maximum Gasteiger partial charge on any atom is 0.218 e. The van der Waals surface area contributed by atoms with Crippen molar-refractivity contribution < 1.29 is 4.79 Å². The van der Waals surface area contributed by atoms with Crippen LogP contribution in [-0.2, 0) is 6.54 Å². The van der Waals surface area contributed by atoms with Crippen molar-refractivity contribution in [2.24, 2.45) is 5.92 Å². The van der Waals surface area contributed by atoms with Crippen LogP contribution < -0.4 is 0 Å². The topological polar surface area (TPSA) is 60.7 Å². The Bertz CT molecular complexity index is 292. The normalized spacial score (nSPS) is 10.8. The number of rotatable bonds is 4. The Hall–Kier alpha value is -1.26. The first-order chi connectivity index (χ1) is 6.15. The lowest BCUT2D eigenvalue weighted by Gasteiger charge is -2.04. The van der Waals surface area contributed by atoms with E-state index in [0.717, 1.165) is 0 Å². The second kappa shape index (κ2) is 4.11. The number of carbonyl (C=O) groups excluding carboxylic acids is 1. The van der Waals surface area contributed by atoms with E-state index in [-0.39, 0.29) is 5.78 Å². The summed E-state index contributed by atoms with van der Waals surface area (Å²) in [5, 5.41) is 10.9. The highest BCUT2D eigenvalue weighted by Gasteiger charge is 2.13. The van der Waals surface area contributed by atoms with Crippen molar-refractivity contribution >= 4 is 5.78 Å². The van der Waals surface area contributed by atoms with Gasteiger partial charge in [0.25, 0.3) is 0 Å². The van der Waals surface area contributed by atoms with Crippen LogP contribution in [-0.4, -0.2) is 26.0 Å². The van der Waals surface area contributed by atoms with E-state index in [1.807, 2.05) is 0 Å². The maximum absolute atomic E-state index is 11.3. The fraction of sp³-hybridized carbons (Fsp3) is 0.750. The monoisotopic (exact) mass is 182 g/mol. The summed E-state index contributed by atoms with van der Waals surface area (Å²) >= 11 is 0. The van der Waals surface area contributed by atoms with Gasteiger partial charge < -0.3 is 0 Å². The van der Waals surface area contributed by atoms with Gasteiger partial charge in [0.1, 0.15) is 0 Å². The number of aromatic nitrogens is 4. The third-order valence-corrected chi connectivity index (χ3v) is 1.64. The SMILES string of the molecule is CCC(=O)c1nnnn1CC(C)C. The Balaban J connectivity index is 2.83. The molecule has 0 saturated carbocycles. The van der Waals surface area contributed by atoms with Crippen LogP contribution in [0.1, 0.15) is 37.8 Å². The molecule has 0 N–H and O–H groups in total.